The number of phenols is 1. The zero-order valence-corrected chi connectivity index (χ0v) is 15.6. The van der Waals surface area contributed by atoms with Gasteiger partial charge in [0.1, 0.15) is 0 Å². The molecule has 0 aromatic heterocycles. The first-order chi connectivity index (χ1) is 12.3. The lowest BCUT2D eigenvalue weighted by Gasteiger charge is -2.10. The number of nitrogens with zero attached hydrogens (tertiary/aromatic N) is 1. The number of hydrogen-bond acceptors (Lipinski definition) is 4. The Labute approximate surface area is 162 Å². The molecular weight excluding hydrogens is 426 g/mol. The molecule has 0 saturated carbocycles. The van der Waals surface area contributed by atoms with Crippen molar-refractivity contribution in [3.05, 3.63) is 51.5 Å². The maximum Gasteiger partial charge on any atom is 0.251 e. The first-order valence-electron chi connectivity index (χ1n) is 7.22. The summed E-state index contributed by atoms with van der Waals surface area (Å²) in [6.07, 6.45) is 0. The van der Waals surface area contributed by atoms with Crippen molar-refractivity contribution in [1.82, 2.24) is 5.32 Å². The molecule has 136 valence electrons. The second kappa shape index (κ2) is 8.54. The summed E-state index contributed by atoms with van der Waals surface area (Å²) in [5.74, 6) is -1.42. The van der Waals surface area contributed by atoms with Crippen molar-refractivity contribution < 1.29 is 14.7 Å². The maximum absolute atomic E-state index is 12.1. The van der Waals surface area contributed by atoms with Crippen molar-refractivity contribution in [2.45, 2.75) is 0 Å². The van der Waals surface area contributed by atoms with Crippen molar-refractivity contribution in [3.8, 4) is 5.75 Å². The Morgan fingerprint density at radius 1 is 1.23 bits per heavy atom. The molecule has 2 amide bonds. The average molecular weight is 441 g/mol. The topological polar surface area (TPSA) is 143 Å². The van der Waals surface area contributed by atoms with Gasteiger partial charge < -0.3 is 27.2 Å². The second-order valence-corrected chi connectivity index (χ2v) is 6.42. The molecule has 0 heterocycles. The molecule has 0 fully saturated rings. The molecule has 7 N–H and O–H groups in total. The number of nitrogens with one attached hydrogen (secondary N) is 2. The predicted octanol–water partition coefficient (Wildman–Crippen LogP) is 2.08. The Morgan fingerprint density at radius 3 is 2.65 bits per heavy atom. The molecule has 10 heteroatoms. The maximum atomic E-state index is 12.1. The van der Waals surface area contributed by atoms with Crippen LogP contribution >= 0.6 is 27.5 Å². The van der Waals surface area contributed by atoms with Crippen LogP contribution in [0.5, 0.6) is 5.75 Å². The molecular formula is C16H15BrClN5O3. The summed E-state index contributed by atoms with van der Waals surface area (Å²) in [7, 11) is 0. The van der Waals surface area contributed by atoms with E-state index in [0.29, 0.717) is 10.2 Å². The summed E-state index contributed by atoms with van der Waals surface area (Å²) in [4.78, 5) is 28.0. The monoisotopic (exact) mass is 439 g/mol. The van der Waals surface area contributed by atoms with Gasteiger partial charge in [0.25, 0.3) is 5.91 Å². The van der Waals surface area contributed by atoms with Crippen LogP contribution in [0.1, 0.15) is 10.4 Å². The third kappa shape index (κ3) is 5.36. The number of benzene rings is 2. The van der Waals surface area contributed by atoms with Crippen molar-refractivity contribution in [3.63, 3.8) is 0 Å². The highest BCUT2D eigenvalue weighted by Crippen LogP contribution is 2.35. The van der Waals surface area contributed by atoms with Crippen LogP contribution < -0.4 is 22.1 Å². The lowest BCUT2D eigenvalue weighted by atomic mass is 10.2. The van der Waals surface area contributed by atoms with Crippen molar-refractivity contribution in [2.75, 3.05) is 11.9 Å². The molecule has 0 spiro atoms. The van der Waals surface area contributed by atoms with Gasteiger partial charge in [0.05, 0.1) is 22.9 Å². The summed E-state index contributed by atoms with van der Waals surface area (Å²) < 4.78 is 0.580. The molecule has 0 atom stereocenters. The highest BCUT2D eigenvalue weighted by atomic mass is 79.9. The number of phenolic OH excluding ortho intramolecular Hbond substituents is 1. The van der Waals surface area contributed by atoms with Gasteiger partial charge in [0, 0.05) is 10.0 Å². The Kier molecular flexibility index (Phi) is 6.42. The number of aromatic hydroxyl groups is 1. The van der Waals surface area contributed by atoms with E-state index in [1.54, 1.807) is 18.2 Å². The second-order valence-electron chi connectivity index (χ2n) is 5.10. The van der Waals surface area contributed by atoms with Gasteiger partial charge in [-0.05, 0) is 30.3 Å². The molecule has 26 heavy (non-hydrogen) atoms. The minimum absolute atomic E-state index is 0.0789. The molecule has 0 saturated heterocycles. The fraction of sp³-hybridized carbons (Fsp3) is 0.0625. The molecule has 0 aliphatic heterocycles. The third-order valence-electron chi connectivity index (χ3n) is 3.08. The molecule has 0 bridgehead atoms. The van der Waals surface area contributed by atoms with Crippen LogP contribution in [0, 0.1) is 0 Å². The van der Waals surface area contributed by atoms with Gasteiger partial charge >= 0.3 is 0 Å². The molecule has 2 aromatic carbocycles. The molecule has 0 unspecified atom stereocenters. The quantitative estimate of drug-likeness (QED) is 0.275. The summed E-state index contributed by atoms with van der Waals surface area (Å²) in [6.45, 7) is -0.311. The number of nitrogens with two attached hydrogens (primary N) is 2. The summed E-state index contributed by atoms with van der Waals surface area (Å²) in [5, 5.41) is 14.8. The van der Waals surface area contributed by atoms with E-state index < -0.39 is 11.8 Å². The van der Waals surface area contributed by atoms with Gasteiger partial charge in [-0.3, -0.25) is 9.59 Å². The molecule has 0 radical (unpaired) electrons. The largest absolute Gasteiger partial charge is 0.504 e. The van der Waals surface area contributed by atoms with Gasteiger partial charge in [-0.1, -0.05) is 33.6 Å². The van der Waals surface area contributed by atoms with Crippen LogP contribution in [-0.4, -0.2) is 29.4 Å². The van der Waals surface area contributed by atoms with Crippen LogP contribution in [0.3, 0.4) is 0 Å². The van der Waals surface area contributed by atoms with Crippen molar-refractivity contribution >= 4 is 56.7 Å². The van der Waals surface area contributed by atoms with Gasteiger partial charge in [-0.15, -0.1) is 0 Å². The van der Waals surface area contributed by atoms with E-state index in [4.69, 9.17) is 23.1 Å². The third-order valence-corrected chi connectivity index (χ3v) is 3.82. The van der Waals surface area contributed by atoms with E-state index in [9.17, 15) is 14.7 Å². The summed E-state index contributed by atoms with van der Waals surface area (Å²) >= 11 is 9.04. The first-order valence-corrected chi connectivity index (χ1v) is 8.39. The number of rotatable bonds is 5. The normalized spacial score (nSPS) is 10.1. The standard InChI is InChI=1S/C16H15BrClN5O3/c17-9-5-11(18)14(25)12(6-9)23-13(24)7-21-15(26)8-2-1-3-10(4-8)22-16(19)20/h1-6,25H,7H2,(H,21,26)(H,23,24)(H4,19,20,22). The minimum atomic E-state index is -0.539. The number of carbonyl (C=O) groups excluding carboxylic acids is 2. The predicted molar refractivity (Wildman–Crippen MR) is 104 cm³/mol. The Bertz CT molecular complexity index is 884. The van der Waals surface area contributed by atoms with Crippen LogP contribution in [-0.2, 0) is 4.79 Å². The van der Waals surface area contributed by atoms with Crippen molar-refractivity contribution in [2.24, 2.45) is 16.5 Å². The lowest BCUT2D eigenvalue weighted by molar-refractivity contribution is -0.115. The first kappa shape index (κ1) is 19.5. The highest BCUT2D eigenvalue weighted by Gasteiger charge is 2.13. The smallest absolute Gasteiger partial charge is 0.251 e. The number of anilines is 1. The number of hydrogen-bond donors (Lipinski definition) is 5. The van der Waals surface area contributed by atoms with E-state index in [1.807, 2.05) is 0 Å². The fourth-order valence-corrected chi connectivity index (χ4v) is 2.79. The van der Waals surface area contributed by atoms with E-state index in [1.165, 1.54) is 18.2 Å². The zero-order chi connectivity index (χ0) is 19.3. The number of guanidine groups is 1. The van der Waals surface area contributed by atoms with Crippen LogP contribution in [0.4, 0.5) is 11.4 Å². The van der Waals surface area contributed by atoms with Gasteiger partial charge in [0.15, 0.2) is 11.7 Å². The van der Waals surface area contributed by atoms with Gasteiger partial charge in [0.2, 0.25) is 5.91 Å². The zero-order valence-electron chi connectivity index (χ0n) is 13.3. The molecule has 0 aliphatic carbocycles. The van der Waals surface area contributed by atoms with Crippen LogP contribution in [0.25, 0.3) is 0 Å². The van der Waals surface area contributed by atoms with E-state index in [-0.39, 0.29) is 34.5 Å². The van der Waals surface area contributed by atoms with E-state index >= 15 is 0 Å². The lowest BCUT2D eigenvalue weighted by Crippen LogP contribution is -2.32. The minimum Gasteiger partial charge on any atom is -0.504 e. The van der Waals surface area contributed by atoms with Gasteiger partial charge in [-0.2, -0.15) is 0 Å². The number of carbonyl (C=O) groups is 2. The molecule has 2 aromatic rings. The average Bonchev–Trinajstić information content (AvgIpc) is 2.56. The van der Waals surface area contributed by atoms with E-state index in [0.717, 1.165) is 0 Å². The van der Waals surface area contributed by atoms with Crippen LogP contribution in [0.2, 0.25) is 5.02 Å². The number of amides is 2. The molecule has 8 nitrogen and oxygen atoms in total. The molecule has 0 aliphatic rings. The number of aliphatic imine (C=N–C) groups is 1. The summed E-state index contributed by atoms with van der Waals surface area (Å²) in [6, 6.07) is 9.24. The van der Waals surface area contributed by atoms with E-state index in [2.05, 4.69) is 31.6 Å². The molecule has 2 rings (SSSR count). The fourth-order valence-electron chi connectivity index (χ4n) is 1.98. The Morgan fingerprint density at radius 2 is 1.96 bits per heavy atom. The van der Waals surface area contributed by atoms with Crippen LogP contribution in [0.15, 0.2) is 45.9 Å². The van der Waals surface area contributed by atoms with Gasteiger partial charge in [-0.25, -0.2) is 4.99 Å². The Hall–Kier alpha value is -2.78. The number of halogens is 2. The summed E-state index contributed by atoms with van der Waals surface area (Å²) in [5.41, 5.74) is 11.4. The van der Waals surface area contributed by atoms with Crippen molar-refractivity contribution in [1.29, 1.82) is 0 Å². The Balaban J connectivity index is 1.99. The highest BCUT2D eigenvalue weighted by molar-refractivity contribution is 9.10. The SMILES string of the molecule is NC(N)=Nc1cccc(C(=O)NCC(=O)Nc2cc(Br)cc(Cl)c2O)c1.